The molecule has 0 bridgehead atoms. The average Bonchev–Trinajstić information content (AvgIpc) is 2.99. The maximum Gasteiger partial charge on any atom is 0.119 e. The van der Waals surface area contributed by atoms with E-state index >= 15 is 0 Å². The van der Waals surface area contributed by atoms with Crippen LogP contribution in [0.5, 0.6) is 5.75 Å². The van der Waals surface area contributed by atoms with Crippen molar-refractivity contribution in [1.82, 2.24) is 15.0 Å². The lowest BCUT2D eigenvalue weighted by Crippen LogP contribution is -2.02. The fourth-order valence-electron chi connectivity index (χ4n) is 2.27. The van der Waals surface area contributed by atoms with Gasteiger partial charge < -0.3 is 10.5 Å². The van der Waals surface area contributed by atoms with Crippen LogP contribution >= 0.6 is 11.6 Å². The number of aromatic nitrogens is 3. The molecular weight excluding hydrogens is 300 g/mol. The van der Waals surface area contributed by atoms with E-state index in [-0.39, 0.29) is 0 Å². The first-order valence-corrected chi connectivity index (χ1v) is 7.15. The summed E-state index contributed by atoms with van der Waals surface area (Å²) < 4.78 is 7.05. The highest BCUT2D eigenvalue weighted by Gasteiger charge is 2.15. The summed E-state index contributed by atoms with van der Waals surface area (Å²) in [6.45, 7) is 0.306. The molecule has 2 aromatic carbocycles. The Hall–Kier alpha value is -2.37. The molecule has 0 fully saturated rings. The third kappa shape index (κ3) is 2.68. The molecule has 0 atom stereocenters. The van der Waals surface area contributed by atoms with Crippen molar-refractivity contribution in [3.63, 3.8) is 0 Å². The first-order valence-electron chi connectivity index (χ1n) is 6.78. The van der Waals surface area contributed by atoms with E-state index in [4.69, 9.17) is 22.1 Å². The molecule has 0 aliphatic carbocycles. The molecule has 0 aliphatic heterocycles. The number of methoxy groups -OCH3 is 1. The SMILES string of the molecule is COc1cccc(-c2c(CN)nnn2-c2ccc(Cl)cc2)c1. The molecule has 3 rings (SSSR count). The van der Waals surface area contributed by atoms with Gasteiger partial charge in [0.25, 0.3) is 0 Å². The molecule has 1 aromatic heterocycles. The predicted molar refractivity (Wildman–Crippen MR) is 86.2 cm³/mol. The molecule has 1 heterocycles. The number of halogens is 1. The standard InChI is InChI=1S/C16H15ClN4O/c1-22-14-4-2-3-11(9-14)16-15(10-18)19-20-21(16)13-7-5-12(17)6-8-13/h2-9H,10,18H2,1H3. The zero-order chi connectivity index (χ0) is 15.5. The lowest BCUT2D eigenvalue weighted by molar-refractivity contribution is 0.415. The van der Waals surface area contributed by atoms with E-state index in [0.717, 1.165) is 28.4 Å². The number of hydrogen-bond acceptors (Lipinski definition) is 4. The first kappa shape index (κ1) is 14.6. The summed E-state index contributed by atoms with van der Waals surface area (Å²) >= 11 is 5.95. The maximum absolute atomic E-state index is 5.95. The summed E-state index contributed by atoms with van der Waals surface area (Å²) in [5, 5.41) is 9.07. The lowest BCUT2D eigenvalue weighted by atomic mass is 10.1. The highest BCUT2D eigenvalue weighted by Crippen LogP contribution is 2.28. The van der Waals surface area contributed by atoms with Gasteiger partial charge in [0.1, 0.15) is 11.4 Å². The Morgan fingerprint density at radius 1 is 1.18 bits per heavy atom. The smallest absolute Gasteiger partial charge is 0.119 e. The molecule has 3 aromatic rings. The molecule has 0 aliphatic rings. The van der Waals surface area contributed by atoms with Gasteiger partial charge in [0, 0.05) is 17.1 Å². The zero-order valence-electron chi connectivity index (χ0n) is 12.0. The summed E-state index contributed by atoms with van der Waals surface area (Å²) in [5.74, 6) is 0.768. The van der Waals surface area contributed by atoms with Crippen molar-refractivity contribution in [3.05, 3.63) is 59.2 Å². The molecule has 0 saturated heterocycles. The van der Waals surface area contributed by atoms with E-state index in [2.05, 4.69) is 10.3 Å². The van der Waals surface area contributed by atoms with Crippen LogP contribution in [0.15, 0.2) is 48.5 Å². The Balaban J connectivity index is 2.16. The minimum absolute atomic E-state index is 0.306. The Morgan fingerprint density at radius 3 is 2.64 bits per heavy atom. The number of nitrogens with two attached hydrogens (primary N) is 1. The first-order chi connectivity index (χ1) is 10.7. The van der Waals surface area contributed by atoms with Crippen molar-refractivity contribution >= 4 is 11.6 Å². The van der Waals surface area contributed by atoms with Crippen LogP contribution in [-0.4, -0.2) is 22.1 Å². The van der Waals surface area contributed by atoms with Crippen molar-refractivity contribution in [2.24, 2.45) is 5.73 Å². The quantitative estimate of drug-likeness (QED) is 0.803. The van der Waals surface area contributed by atoms with Gasteiger partial charge in [0.05, 0.1) is 18.5 Å². The summed E-state index contributed by atoms with van der Waals surface area (Å²) in [7, 11) is 1.64. The molecule has 22 heavy (non-hydrogen) atoms. The highest BCUT2D eigenvalue weighted by molar-refractivity contribution is 6.30. The Kier molecular flexibility index (Phi) is 4.09. The van der Waals surface area contributed by atoms with Crippen molar-refractivity contribution in [2.45, 2.75) is 6.54 Å². The number of benzene rings is 2. The topological polar surface area (TPSA) is 66.0 Å². The molecule has 6 heteroatoms. The van der Waals surface area contributed by atoms with Gasteiger partial charge in [-0.2, -0.15) is 0 Å². The van der Waals surface area contributed by atoms with Crippen LogP contribution in [0.4, 0.5) is 0 Å². The molecule has 112 valence electrons. The van der Waals surface area contributed by atoms with Gasteiger partial charge in [-0.05, 0) is 36.4 Å². The van der Waals surface area contributed by atoms with Crippen LogP contribution in [0, 0.1) is 0 Å². The fourth-order valence-corrected chi connectivity index (χ4v) is 2.40. The number of hydrogen-bond donors (Lipinski definition) is 1. The Morgan fingerprint density at radius 2 is 1.95 bits per heavy atom. The van der Waals surface area contributed by atoms with E-state index in [1.807, 2.05) is 48.5 Å². The van der Waals surface area contributed by atoms with Gasteiger partial charge in [-0.15, -0.1) is 5.10 Å². The average molecular weight is 315 g/mol. The molecule has 5 nitrogen and oxygen atoms in total. The number of ether oxygens (including phenoxy) is 1. The van der Waals surface area contributed by atoms with Crippen molar-refractivity contribution in [1.29, 1.82) is 0 Å². The summed E-state index contributed by atoms with van der Waals surface area (Å²) in [5.41, 5.74) is 9.20. The second-order valence-electron chi connectivity index (χ2n) is 4.71. The molecule has 0 amide bonds. The number of nitrogens with zero attached hydrogens (tertiary/aromatic N) is 3. The van der Waals surface area contributed by atoms with Gasteiger partial charge >= 0.3 is 0 Å². The molecular formula is C16H15ClN4O. The van der Waals surface area contributed by atoms with Gasteiger partial charge in [0.15, 0.2) is 0 Å². The fraction of sp³-hybridized carbons (Fsp3) is 0.125. The normalized spacial score (nSPS) is 10.7. The van der Waals surface area contributed by atoms with Crippen LogP contribution in [0.3, 0.4) is 0 Å². The van der Waals surface area contributed by atoms with Gasteiger partial charge in [0.2, 0.25) is 0 Å². The zero-order valence-corrected chi connectivity index (χ0v) is 12.8. The monoisotopic (exact) mass is 314 g/mol. The second-order valence-corrected chi connectivity index (χ2v) is 5.15. The third-order valence-corrected chi connectivity index (χ3v) is 3.60. The van der Waals surface area contributed by atoms with Gasteiger partial charge in [-0.1, -0.05) is 28.9 Å². The van der Waals surface area contributed by atoms with Crippen LogP contribution < -0.4 is 10.5 Å². The Bertz CT molecular complexity index is 783. The van der Waals surface area contributed by atoms with E-state index in [1.165, 1.54) is 0 Å². The van der Waals surface area contributed by atoms with Crippen LogP contribution in [0.2, 0.25) is 5.02 Å². The second kappa shape index (κ2) is 6.17. The molecule has 0 radical (unpaired) electrons. The molecule has 0 unspecified atom stereocenters. The summed E-state index contributed by atoms with van der Waals surface area (Å²) in [6, 6.07) is 15.1. The molecule has 2 N–H and O–H groups in total. The van der Waals surface area contributed by atoms with Crippen LogP contribution in [0.1, 0.15) is 5.69 Å². The van der Waals surface area contributed by atoms with E-state index < -0.39 is 0 Å². The summed E-state index contributed by atoms with van der Waals surface area (Å²) in [4.78, 5) is 0. The van der Waals surface area contributed by atoms with Crippen molar-refractivity contribution in [2.75, 3.05) is 7.11 Å². The van der Waals surface area contributed by atoms with E-state index in [0.29, 0.717) is 11.6 Å². The minimum atomic E-state index is 0.306. The van der Waals surface area contributed by atoms with Crippen LogP contribution in [-0.2, 0) is 6.54 Å². The van der Waals surface area contributed by atoms with Gasteiger partial charge in [-0.25, -0.2) is 4.68 Å². The van der Waals surface area contributed by atoms with E-state index in [1.54, 1.807) is 11.8 Å². The lowest BCUT2D eigenvalue weighted by Gasteiger charge is -2.09. The minimum Gasteiger partial charge on any atom is -0.497 e. The highest BCUT2D eigenvalue weighted by atomic mass is 35.5. The summed E-state index contributed by atoms with van der Waals surface area (Å²) in [6.07, 6.45) is 0. The van der Waals surface area contributed by atoms with Crippen LogP contribution in [0.25, 0.3) is 16.9 Å². The Labute approximate surface area is 133 Å². The maximum atomic E-state index is 5.95. The van der Waals surface area contributed by atoms with E-state index in [9.17, 15) is 0 Å². The third-order valence-electron chi connectivity index (χ3n) is 3.35. The molecule has 0 spiro atoms. The van der Waals surface area contributed by atoms with Gasteiger partial charge in [-0.3, -0.25) is 0 Å². The predicted octanol–water partition coefficient (Wildman–Crippen LogP) is 3.06. The largest absolute Gasteiger partial charge is 0.497 e. The number of rotatable bonds is 4. The van der Waals surface area contributed by atoms with Crippen molar-refractivity contribution in [3.8, 4) is 22.7 Å². The molecule has 0 saturated carbocycles. The van der Waals surface area contributed by atoms with Crippen molar-refractivity contribution < 1.29 is 4.74 Å².